The number of rotatable bonds is 4. The number of benzene rings is 1. The lowest BCUT2D eigenvalue weighted by atomic mass is 10.1. The molecule has 0 heterocycles. The Morgan fingerprint density at radius 2 is 1.87 bits per heavy atom. The summed E-state index contributed by atoms with van der Waals surface area (Å²) in [5.74, 6) is -0.418. The largest absolute Gasteiger partial charge is 0.369 e. The van der Waals surface area contributed by atoms with Gasteiger partial charge in [-0.2, -0.15) is 0 Å². The zero-order chi connectivity index (χ0) is 11.3. The van der Waals surface area contributed by atoms with Gasteiger partial charge in [0.1, 0.15) is 0 Å². The summed E-state index contributed by atoms with van der Waals surface area (Å²) in [6, 6.07) is 7.30. The number of hydrogen-bond donors (Lipinski definition) is 2. The molecule has 80 valence electrons. The van der Waals surface area contributed by atoms with Gasteiger partial charge in [-0.15, -0.1) is 0 Å². The Balaban J connectivity index is 2.74. The van der Waals surface area contributed by atoms with E-state index in [0.717, 1.165) is 11.1 Å². The Morgan fingerprint density at radius 3 is 2.40 bits per heavy atom. The minimum absolute atomic E-state index is 0.0498. The number of primary amides is 1. The predicted molar refractivity (Wildman–Crippen MR) is 57.1 cm³/mol. The molecular formula is C11H14N2O2. The predicted octanol–water partition coefficient (Wildman–Crippen LogP) is 0.00290. The van der Waals surface area contributed by atoms with Gasteiger partial charge in [0.15, 0.2) is 0 Å². The van der Waals surface area contributed by atoms with Crippen molar-refractivity contribution in [2.24, 2.45) is 5.73 Å². The molecule has 0 saturated heterocycles. The van der Waals surface area contributed by atoms with Gasteiger partial charge in [-0.3, -0.25) is 9.59 Å². The van der Waals surface area contributed by atoms with Crippen LogP contribution in [0.5, 0.6) is 0 Å². The van der Waals surface area contributed by atoms with Crippen LogP contribution in [0.4, 0.5) is 0 Å². The zero-order valence-electron chi connectivity index (χ0n) is 8.62. The van der Waals surface area contributed by atoms with Crippen LogP contribution in [0.2, 0.25) is 0 Å². The van der Waals surface area contributed by atoms with Crippen LogP contribution < -0.4 is 11.1 Å². The molecule has 0 aliphatic rings. The van der Waals surface area contributed by atoms with Crippen molar-refractivity contribution in [2.75, 3.05) is 7.05 Å². The summed E-state index contributed by atoms with van der Waals surface area (Å²) in [5.41, 5.74) is 6.80. The molecule has 1 rings (SSSR count). The second-order valence-electron chi connectivity index (χ2n) is 3.31. The molecule has 0 aliphatic carbocycles. The smallest absolute Gasteiger partial charge is 0.224 e. The first kappa shape index (κ1) is 11.2. The van der Waals surface area contributed by atoms with Gasteiger partial charge in [0, 0.05) is 7.05 Å². The first-order valence-corrected chi connectivity index (χ1v) is 4.68. The van der Waals surface area contributed by atoms with E-state index < -0.39 is 0 Å². The molecule has 1 aromatic carbocycles. The fourth-order valence-electron chi connectivity index (χ4n) is 1.32. The highest BCUT2D eigenvalue weighted by atomic mass is 16.1. The van der Waals surface area contributed by atoms with Crippen molar-refractivity contribution in [3.63, 3.8) is 0 Å². The molecule has 4 heteroatoms. The van der Waals surface area contributed by atoms with Crippen molar-refractivity contribution in [3.8, 4) is 0 Å². The number of carbonyl (C=O) groups excluding carboxylic acids is 2. The average Bonchev–Trinajstić information content (AvgIpc) is 2.17. The molecule has 0 atom stereocenters. The van der Waals surface area contributed by atoms with Crippen molar-refractivity contribution in [3.05, 3.63) is 35.4 Å². The number of likely N-dealkylation sites (N-methyl/N-ethyl adjacent to an activating group) is 1. The van der Waals surface area contributed by atoms with Crippen molar-refractivity contribution in [2.45, 2.75) is 12.8 Å². The van der Waals surface area contributed by atoms with Crippen LogP contribution in [0.15, 0.2) is 24.3 Å². The fourth-order valence-corrected chi connectivity index (χ4v) is 1.32. The highest BCUT2D eigenvalue weighted by Gasteiger charge is 2.03. The summed E-state index contributed by atoms with van der Waals surface area (Å²) >= 11 is 0. The minimum Gasteiger partial charge on any atom is -0.369 e. The maximum Gasteiger partial charge on any atom is 0.224 e. The monoisotopic (exact) mass is 206 g/mol. The number of nitrogens with one attached hydrogen (secondary N) is 1. The molecule has 2 amide bonds. The normalized spacial score (nSPS) is 9.67. The Morgan fingerprint density at radius 1 is 1.27 bits per heavy atom. The molecule has 0 spiro atoms. The van der Waals surface area contributed by atoms with Gasteiger partial charge in [0.2, 0.25) is 11.8 Å². The molecule has 0 fully saturated rings. The first-order chi connectivity index (χ1) is 7.11. The number of amides is 2. The molecule has 0 aromatic heterocycles. The van der Waals surface area contributed by atoms with Crippen LogP contribution in [0.3, 0.4) is 0 Å². The van der Waals surface area contributed by atoms with Crippen LogP contribution in [0.1, 0.15) is 11.1 Å². The summed E-state index contributed by atoms with van der Waals surface area (Å²) in [6.07, 6.45) is 0.532. The number of hydrogen-bond acceptors (Lipinski definition) is 2. The van der Waals surface area contributed by atoms with Crippen LogP contribution in [0, 0.1) is 0 Å². The van der Waals surface area contributed by atoms with E-state index in [4.69, 9.17) is 5.73 Å². The third kappa shape index (κ3) is 3.81. The molecular weight excluding hydrogens is 192 g/mol. The third-order valence-corrected chi connectivity index (χ3v) is 2.01. The SMILES string of the molecule is CNC(=O)Cc1cccc(CC(N)=O)c1. The summed E-state index contributed by atoms with van der Waals surface area (Å²) in [4.78, 5) is 21.8. The Bertz CT molecular complexity index is 375. The highest BCUT2D eigenvalue weighted by molar-refractivity contribution is 5.79. The lowest BCUT2D eigenvalue weighted by Crippen LogP contribution is -2.20. The molecule has 0 bridgehead atoms. The van der Waals surface area contributed by atoms with Gasteiger partial charge < -0.3 is 11.1 Å². The molecule has 0 unspecified atom stereocenters. The lowest BCUT2D eigenvalue weighted by molar-refractivity contribution is -0.120. The van der Waals surface area contributed by atoms with E-state index in [1.165, 1.54) is 0 Å². The molecule has 0 saturated carbocycles. The van der Waals surface area contributed by atoms with Crippen molar-refractivity contribution < 1.29 is 9.59 Å². The maximum absolute atomic E-state index is 11.1. The first-order valence-electron chi connectivity index (χ1n) is 4.68. The zero-order valence-corrected chi connectivity index (χ0v) is 8.62. The highest BCUT2D eigenvalue weighted by Crippen LogP contribution is 2.06. The second-order valence-corrected chi connectivity index (χ2v) is 3.31. The van der Waals surface area contributed by atoms with Crippen LogP contribution in [-0.4, -0.2) is 18.9 Å². The van der Waals surface area contributed by atoms with Gasteiger partial charge in [0.25, 0.3) is 0 Å². The van der Waals surface area contributed by atoms with E-state index >= 15 is 0 Å². The molecule has 0 radical (unpaired) electrons. The summed E-state index contributed by atoms with van der Waals surface area (Å²) < 4.78 is 0. The van der Waals surface area contributed by atoms with Gasteiger partial charge in [0.05, 0.1) is 12.8 Å². The van der Waals surface area contributed by atoms with E-state index in [2.05, 4.69) is 5.32 Å². The van der Waals surface area contributed by atoms with E-state index in [-0.39, 0.29) is 18.2 Å². The van der Waals surface area contributed by atoms with Crippen LogP contribution in [0.25, 0.3) is 0 Å². The molecule has 3 N–H and O–H groups in total. The summed E-state index contributed by atoms with van der Waals surface area (Å²) in [6.45, 7) is 0. The minimum atomic E-state index is -0.368. The van der Waals surface area contributed by atoms with Gasteiger partial charge in [-0.25, -0.2) is 0 Å². The van der Waals surface area contributed by atoms with Gasteiger partial charge in [-0.1, -0.05) is 24.3 Å². The summed E-state index contributed by atoms with van der Waals surface area (Å²) in [7, 11) is 1.59. The average molecular weight is 206 g/mol. The van der Waals surface area contributed by atoms with Crippen LogP contribution in [-0.2, 0) is 22.4 Å². The summed E-state index contributed by atoms with van der Waals surface area (Å²) in [5, 5.41) is 2.54. The third-order valence-electron chi connectivity index (χ3n) is 2.01. The molecule has 4 nitrogen and oxygen atoms in total. The van der Waals surface area contributed by atoms with E-state index in [9.17, 15) is 9.59 Å². The Labute approximate surface area is 88.5 Å². The number of nitrogens with two attached hydrogens (primary N) is 1. The molecule has 1 aromatic rings. The molecule has 0 aliphatic heterocycles. The number of carbonyl (C=O) groups is 2. The molecule has 15 heavy (non-hydrogen) atoms. The fraction of sp³-hybridized carbons (Fsp3) is 0.273. The van der Waals surface area contributed by atoms with Crippen molar-refractivity contribution >= 4 is 11.8 Å². The van der Waals surface area contributed by atoms with Gasteiger partial charge >= 0.3 is 0 Å². The van der Waals surface area contributed by atoms with E-state index in [1.54, 1.807) is 7.05 Å². The van der Waals surface area contributed by atoms with Crippen LogP contribution >= 0.6 is 0 Å². The van der Waals surface area contributed by atoms with E-state index in [1.807, 2.05) is 24.3 Å². The van der Waals surface area contributed by atoms with Crippen molar-refractivity contribution in [1.29, 1.82) is 0 Å². The van der Waals surface area contributed by atoms with E-state index in [0.29, 0.717) is 6.42 Å². The quantitative estimate of drug-likeness (QED) is 0.728. The van der Waals surface area contributed by atoms with Gasteiger partial charge in [-0.05, 0) is 11.1 Å². The Kier molecular flexibility index (Phi) is 3.85. The lowest BCUT2D eigenvalue weighted by Gasteiger charge is -2.03. The Hall–Kier alpha value is -1.84. The van der Waals surface area contributed by atoms with Crippen molar-refractivity contribution in [1.82, 2.24) is 5.32 Å². The maximum atomic E-state index is 11.1. The second kappa shape index (κ2) is 5.14. The standard InChI is InChI=1S/C11H14N2O2/c1-13-11(15)7-9-4-2-3-8(5-9)6-10(12)14/h2-5H,6-7H2,1H3,(H2,12,14)(H,13,15). The topological polar surface area (TPSA) is 72.2 Å².